The van der Waals surface area contributed by atoms with Crippen molar-refractivity contribution in [3.05, 3.63) is 27.8 Å². The van der Waals surface area contributed by atoms with Gasteiger partial charge in [0.05, 0.1) is 0 Å². The normalized spacial score (nSPS) is 13.7. The molecule has 1 rings (SSSR count). The summed E-state index contributed by atoms with van der Waals surface area (Å²) in [7, 11) is -1.75. The summed E-state index contributed by atoms with van der Waals surface area (Å²) in [6.45, 7) is 15.5. The monoisotopic (exact) mass is 382 g/mol. The van der Waals surface area contributed by atoms with Crippen LogP contribution in [0.2, 0.25) is 18.1 Å². The van der Waals surface area contributed by atoms with Gasteiger partial charge in [0, 0.05) is 25.0 Å². The van der Waals surface area contributed by atoms with Crippen LogP contribution in [0.5, 0.6) is 5.75 Å². The molecule has 0 aliphatic heterocycles. The smallest absolute Gasteiger partial charge is 0.350 e. The van der Waals surface area contributed by atoms with E-state index in [4.69, 9.17) is 8.84 Å². The maximum atomic E-state index is 12.1. The van der Waals surface area contributed by atoms with Crippen LogP contribution in [-0.2, 0) is 4.43 Å². The van der Waals surface area contributed by atoms with Crippen molar-refractivity contribution in [2.24, 2.45) is 0 Å². The van der Waals surface area contributed by atoms with Crippen molar-refractivity contribution >= 4 is 14.1 Å². The molecule has 0 aliphatic carbocycles. The Hall–Kier alpha value is -1.40. The minimum atomic E-state index is -1.75. The van der Waals surface area contributed by atoms with E-state index in [9.17, 15) is 14.7 Å². The van der Waals surface area contributed by atoms with Crippen LogP contribution >= 0.6 is 0 Å². The minimum absolute atomic E-state index is 0.0352. The first-order chi connectivity index (χ1) is 11.9. The fourth-order valence-corrected chi connectivity index (χ4v) is 3.51. The molecule has 6 heteroatoms. The molecule has 1 aromatic heterocycles. The SMILES string of the molecule is CCCC(=O)c1c(O)cc(C(C)CCCO[Si](C)(C)C(C)(C)C)oc1=O. The number of carbonyl (C=O) groups is 1. The molecule has 148 valence electrons. The fraction of sp³-hybridized carbons (Fsp3) is 0.700. The van der Waals surface area contributed by atoms with Crippen LogP contribution in [0.3, 0.4) is 0 Å². The summed E-state index contributed by atoms with van der Waals surface area (Å²) < 4.78 is 11.5. The molecule has 26 heavy (non-hydrogen) atoms. The summed E-state index contributed by atoms with van der Waals surface area (Å²) in [5.74, 6) is -0.278. The summed E-state index contributed by atoms with van der Waals surface area (Å²) in [5, 5.41) is 10.3. The van der Waals surface area contributed by atoms with Gasteiger partial charge >= 0.3 is 5.63 Å². The Morgan fingerprint density at radius 2 is 1.96 bits per heavy atom. The Kier molecular flexibility index (Phi) is 7.83. The lowest BCUT2D eigenvalue weighted by Gasteiger charge is -2.36. The second-order valence-electron chi connectivity index (χ2n) is 8.52. The van der Waals surface area contributed by atoms with Gasteiger partial charge in [-0.25, -0.2) is 4.79 Å². The third-order valence-corrected chi connectivity index (χ3v) is 9.78. The fourth-order valence-electron chi connectivity index (χ4n) is 2.43. The highest BCUT2D eigenvalue weighted by atomic mass is 28.4. The van der Waals surface area contributed by atoms with E-state index in [1.807, 2.05) is 13.8 Å². The lowest BCUT2D eigenvalue weighted by molar-refractivity contribution is 0.0974. The van der Waals surface area contributed by atoms with E-state index < -0.39 is 13.9 Å². The molecule has 0 aromatic carbocycles. The predicted molar refractivity (Wildman–Crippen MR) is 107 cm³/mol. The minimum Gasteiger partial charge on any atom is -0.507 e. The Morgan fingerprint density at radius 3 is 2.46 bits per heavy atom. The van der Waals surface area contributed by atoms with Gasteiger partial charge < -0.3 is 13.9 Å². The molecule has 1 heterocycles. The van der Waals surface area contributed by atoms with Crippen LogP contribution < -0.4 is 5.63 Å². The number of hydrogen-bond acceptors (Lipinski definition) is 5. The summed E-state index contributed by atoms with van der Waals surface area (Å²) in [5.41, 5.74) is -0.980. The molecule has 0 fully saturated rings. The van der Waals surface area contributed by atoms with Crippen molar-refractivity contribution in [3.63, 3.8) is 0 Å². The molecular weight excluding hydrogens is 348 g/mol. The van der Waals surface area contributed by atoms with Crippen molar-refractivity contribution in [2.45, 2.75) is 84.4 Å². The highest BCUT2D eigenvalue weighted by molar-refractivity contribution is 6.74. The maximum absolute atomic E-state index is 12.1. The number of carbonyl (C=O) groups excluding carboxylic acids is 1. The first-order valence-corrected chi connectivity index (χ1v) is 12.4. The van der Waals surface area contributed by atoms with Gasteiger partial charge in [-0.15, -0.1) is 0 Å². The van der Waals surface area contributed by atoms with Crippen molar-refractivity contribution in [1.29, 1.82) is 0 Å². The topological polar surface area (TPSA) is 76.7 Å². The van der Waals surface area contributed by atoms with E-state index in [-0.39, 0.29) is 34.5 Å². The zero-order chi connectivity index (χ0) is 20.1. The van der Waals surface area contributed by atoms with Gasteiger partial charge in [-0.3, -0.25) is 4.79 Å². The van der Waals surface area contributed by atoms with Crippen LogP contribution in [0.1, 0.15) is 82.3 Å². The highest BCUT2D eigenvalue weighted by Gasteiger charge is 2.36. The molecule has 0 saturated heterocycles. The van der Waals surface area contributed by atoms with E-state index in [2.05, 4.69) is 33.9 Å². The van der Waals surface area contributed by atoms with Gasteiger partial charge in [-0.2, -0.15) is 0 Å². The third kappa shape index (κ3) is 5.81. The summed E-state index contributed by atoms with van der Waals surface area (Å²) in [6.07, 6.45) is 2.45. The lowest BCUT2D eigenvalue weighted by Crippen LogP contribution is -2.41. The molecule has 0 amide bonds. The van der Waals surface area contributed by atoms with Crippen molar-refractivity contribution in [3.8, 4) is 5.75 Å². The van der Waals surface area contributed by atoms with E-state index in [0.717, 1.165) is 12.8 Å². The van der Waals surface area contributed by atoms with Gasteiger partial charge in [0.25, 0.3) is 0 Å². The zero-order valence-corrected chi connectivity index (χ0v) is 18.3. The van der Waals surface area contributed by atoms with Gasteiger partial charge in [-0.05, 0) is 37.4 Å². The molecule has 1 aromatic rings. The lowest BCUT2D eigenvalue weighted by atomic mass is 10.0. The molecule has 1 N–H and O–H groups in total. The van der Waals surface area contributed by atoms with E-state index in [0.29, 0.717) is 18.8 Å². The molecule has 1 unspecified atom stereocenters. The molecule has 1 atom stereocenters. The standard InChI is InChI=1S/C20H34O5Si/c1-8-10-15(21)18-16(22)13-17(25-19(18)23)14(2)11-9-12-24-26(6,7)20(3,4)5/h13-14,22H,8-12H2,1-7H3. The predicted octanol–water partition coefficient (Wildman–Crippen LogP) is 5.23. The highest BCUT2D eigenvalue weighted by Crippen LogP contribution is 2.36. The molecule has 0 aliphatic rings. The molecule has 5 nitrogen and oxygen atoms in total. The first-order valence-electron chi connectivity index (χ1n) is 9.45. The quantitative estimate of drug-likeness (QED) is 0.359. The first kappa shape index (κ1) is 22.6. The average molecular weight is 383 g/mol. The summed E-state index contributed by atoms with van der Waals surface area (Å²) in [4.78, 5) is 24.0. The second-order valence-corrected chi connectivity index (χ2v) is 13.3. The zero-order valence-electron chi connectivity index (χ0n) is 17.3. The van der Waals surface area contributed by atoms with Crippen LogP contribution in [0.25, 0.3) is 0 Å². The molecule has 0 saturated carbocycles. The Morgan fingerprint density at radius 1 is 1.35 bits per heavy atom. The average Bonchev–Trinajstić information content (AvgIpc) is 2.49. The second kappa shape index (κ2) is 9.00. The Labute approximate surface area is 157 Å². The van der Waals surface area contributed by atoms with Crippen LogP contribution in [-0.4, -0.2) is 25.8 Å². The van der Waals surface area contributed by atoms with Gasteiger partial charge in [-0.1, -0.05) is 34.6 Å². The molecule has 0 bridgehead atoms. The summed E-state index contributed by atoms with van der Waals surface area (Å²) >= 11 is 0. The van der Waals surface area contributed by atoms with E-state index in [1.54, 1.807) is 0 Å². The van der Waals surface area contributed by atoms with E-state index >= 15 is 0 Å². The van der Waals surface area contributed by atoms with E-state index in [1.165, 1.54) is 6.07 Å². The Bertz CT molecular complexity index is 670. The maximum Gasteiger partial charge on any atom is 0.350 e. The summed E-state index contributed by atoms with van der Waals surface area (Å²) in [6, 6.07) is 1.41. The number of ketones is 1. The molecule has 0 spiro atoms. The number of aromatic hydroxyl groups is 1. The van der Waals surface area contributed by atoms with Gasteiger partial charge in [0.15, 0.2) is 14.1 Å². The largest absolute Gasteiger partial charge is 0.507 e. The van der Waals surface area contributed by atoms with Crippen LogP contribution in [0, 0.1) is 0 Å². The molecular formula is C20H34O5Si. The third-order valence-electron chi connectivity index (χ3n) is 5.24. The van der Waals surface area contributed by atoms with Gasteiger partial charge in [0.1, 0.15) is 17.1 Å². The van der Waals surface area contributed by atoms with Crippen molar-refractivity contribution in [1.82, 2.24) is 0 Å². The van der Waals surface area contributed by atoms with Crippen molar-refractivity contribution < 1.29 is 18.7 Å². The number of rotatable bonds is 9. The van der Waals surface area contributed by atoms with Crippen LogP contribution in [0.4, 0.5) is 0 Å². The number of hydrogen-bond donors (Lipinski definition) is 1. The van der Waals surface area contributed by atoms with Crippen LogP contribution in [0.15, 0.2) is 15.3 Å². The Balaban J connectivity index is 2.70. The molecule has 0 radical (unpaired) electrons. The van der Waals surface area contributed by atoms with Crippen molar-refractivity contribution in [2.75, 3.05) is 6.61 Å². The van der Waals surface area contributed by atoms with Gasteiger partial charge in [0.2, 0.25) is 0 Å². The number of Topliss-reactive ketones (excluding diaryl/α,β-unsaturated/α-hetero) is 1.